The second-order valence-electron chi connectivity index (χ2n) is 7.16. The van der Waals surface area contributed by atoms with Gasteiger partial charge in [0.1, 0.15) is 18.1 Å². The first-order valence-corrected chi connectivity index (χ1v) is 10.6. The van der Waals surface area contributed by atoms with Crippen LogP contribution in [0, 0.1) is 0 Å². The zero-order valence-electron chi connectivity index (χ0n) is 18.4. The van der Waals surface area contributed by atoms with Crippen molar-refractivity contribution in [2.45, 2.75) is 13.8 Å². The van der Waals surface area contributed by atoms with E-state index in [0.717, 1.165) is 47.9 Å². The van der Waals surface area contributed by atoms with Gasteiger partial charge >= 0.3 is 0 Å². The third-order valence-electron chi connectivity index (χ3n) is 5.25. The summed E-state index contributed by atoms with van der Waals surface area (Å²) in [6.45, 7) is 7.88. The Balaban J connectivity index is 1.54. The van der Waals surface area contributed by atoms with Gasteiger partial charge in [-0.25, -0.2) is 0 Å². The molecule has 0 aliphatic heterocycles. The number of amides is 1. The molecule has 3 rings (SSSR count). The number of benzene rings is 3. The van der Waals surface area contributed by atoms with Crippen molar-refractivity contribution in [1.82, 2.24) is 4.90 Å². The minimum Gasteiger partial charge on any atom is -0.497 e. The summed E-state index contributed by atoms with van der Waals surface area (Å²) in [6, 6.07) is 22.9. The number of hydrogen-bond acceptors (Lipinski definition) is 4. The number of ether oxygens (including phenoxy) is 2. The second-order valence-corrected chi connectivity index (χ2v) is 7.16. The first-order chi connectivity index (χ1) is 15.1. The highest BCUT2D eigenvalue weighted by Gasteiger charge is 2.07. The highest BCUT2D eigenvalue weighted by molar-refractivity contribution is 6.04. The molecule has 0 fully saturated rings. The van der Waals surface area contributed by atoms with E-state index in [4.69, 9.17) is 9.47 Å². The maximum absolute atomic E-state index is 12.6. The topological polar surface area (TPSA) is 50.8 Å². The summed E-state index contributed by atoms with van der Waals surface area (Å²) in [5.41, 5.74) is 3.46. The molecule has 162 valence electrons. The Labute approximate surface area is 184 Å². The van der Waals surface area contributed by atoms with E-state index in [-0.39, 0.29) is 5.91 Å². The van der Waals surface area contributed by atoms with Crippen molar-refractivity contribution in [3.05, 3.63) is 78.4 Å². The molecule has 0 spiro atoms. The zero-order valence-corrected chi connectivity index (χ0v) is 18.4. The molecular formula is C26H30N2O3. The molecule has 5 nitrogen and oxygen atoms in total. The quantitative estimate of drug-likeness (QED) is 0.483. The average molecular weight is 419 g/mol. The highest BCUT2D eigenvalue weighted by atomic mass is 16.5. The Kier molecular flexibility index (Phi) is 8.07. The van der Waals surface area contributed by atoms with Crippen LogP contribution in [0.25, 0.3) is 11.1 Å². The van der Waals surface area contributed by atoms with Crippen molar-refractivity contribution >= 4 is 11.6 Å². The van der Waals surface area contributed by atoms with E-state index in [9.17, 15) is 4.79 Å². The number of hydrogen-bond donors (Lipinski definition) is 1. The van der Waals surface area contributed by atoms with Crippen LogP contribution >= 0.6 is 0 Å². The number of anilines is 1. The maximum atomic E-state index is 12.6. The van der Waals surface area contributed by atoms with Crippen LogP contribution in [0.2, 0.25) is 0 Å². The third kappa shape index (κ3) is 6.33. The van der Waals surface area contributed by atoms with E-state index in [1.54, 1.807) is 7.11 Å². The lowest BCUT2D eigenvalue weighted by atomic mass is 10.0. The van der Waals surface area contributed by atoms with Crippen molar-refractivity contribution in [3.8, 4) is 22.6 Å². The van der Waals surface area contributed by atoms with Crippen LogP contribution < -0.4 is 14.8 Å². The van der Waals surface area contributed by atoms with Crippen LogP contribution in [0.1, 0.15) is 24.2 Å². The van der Waals surface area contributed by atoms with E-state index in [1.807, 2.05) is 72.8 Å². The van der Waals surface area contributed by atoms with Crippen molar-refractivity contribution in [3.63, 3.8) is 0 Å². The van der Waals surface area contributed by atoms with Crippen LogP contribution in [0.3, 0.4) is 0 Å². The third-order valence-corrected chi connectivity index (χ3v) is 5.25. The summed E-state index contributed by atoms with van der Waals surface area (Å²) >= 11 is 0. The van der Waals surface area contributed by atoms with Gasteiger partial charge in [-0.15, -0.1) is 0 Å². The largest absolute Gasteiger partial charge is 0.497 e. The number of carbonyl (C=O) groups is 1. The number of carbonyl (C=O) groups excluding carboxylic acids is 1. The number of nitrogens with one attached hydrogen (secondary N) is 1. The molecule has 1 N–H and O–H groups in total. The monoisotopic (exact) mass is 418 g/mol. The number of nitrogens with zero attached hydrogens (tertiary/aromatic N) is 1. The van der Waals surface area contributed by atoms with Gasteiger partial charge in [0.2, 0.25) is 0 Å². The predicted octanol–water partition coefficient (Wildman–Crippen LogP) is 5.34. The molecule has 1 amide bonds. The Morgan fingerprint density at radius 2 is 1.35 bits per heavy atom. The minimum atomic E-state index is -0.142. The lowest BCUT2D eigenvalue weighted by Gasteiger charge is -2.18. The van der Waals surface area contributed by atoms with Gasteiger partial charge in [-0.1, -0.05) is 38.1 Å². The molecule has 0 heterocycles. The molecule has 5 heteroatoms. The molecule has 0 unspecified atom stereocenters. The summed E-state index contributed by atoms with van der Waals surface area (Å²) in [7, 11) is 1.65. The van der Waals surface area contributed by atoms with Gasteiger partial charge in [0.15, 0.2) is 0 Å². The molecule has 31 heavy (non-hydrogen) atoms. The van der Waals surface area contributed by atoms with Crippen LogP contribution in [0.4, 0.5) is 5.69 Å². The summed E-state index contributed by atoms with van der Waals surface area (Å²) in [5, 5.41) is 2.93. The zero-order chi connectivity index (χ0) is 22.1. The normalized spacial score (nSPS) is 10.7. The summed E-state index contributed by atoms with van der Waals surface area (Å²) in [5.74, 6) is 1.48. The first-order valence-electron chi connectivity index (χ1n) is 10.6. The molecule has 0 aliphatic carbocycles. The molecular weight excluding hydrogens is 388 g/mol. The van der Waals surface area contributed by atoms with Gasteiger partial charge in [-0.3, -0.25) is 4.79 Å². The van der Waals surface area contributed by atoms with Crippen LogP contribution in [0.15, 0.2) is 72.8 Å². The summed E-state index contributed by atoms with van der Waals surface area (Å²) in [4.78, 5) is 14.9. The number of methoxy groups -OCH3 is 1. The van der Waals surface area contributed by atoms with Gasteiger partial charge in [0.05, 0.1) is 7.11 Å². The molecule has 0 saturated carbocycles. The van der Waals surface area contributed by atoms with Crippen LogP contribution in [-0.4, -0.2) is 44.2 Å². The number of rotatable bonds is 10. The fraction of sp³-hybridized carbons (Fsp3) is 0.269. The van der Waals surface area contributed by atoms with Crippen molar-refractivity contribution in [2.24, 2.45) is 0 Å². The molecule has 0 atom stereocenters. The van der Waals surface area contributed by atoms with E-state index in [1.165, 1.54) is 0 Å². The number of likely N-dealkylation sites (N-methyl/N-ethyl adjacent to an activating group) is 1. The van der Waals surface area contributed by atoms with Gasteiger partial charge in [-0.2, -0.15) is 0 Å². The lowest BCUT2D eigenvalue weighted by molar-refractivity contribution is 0.102. The molecule has 3 aromatic rings. The van der Waals surface area contributed by atoms with Gasteiger partial charge in [-0.05, 0) is 72.7 Å². The van der Waals surface area contributed by atoms with Crippen LogP contribution in [-0.2, 0) is 0 Å². The van der Waals surface area contributed by atoms with Gasteiger partial charge in [0, 0.05) is 17.8 Å². The van der Waals surface area contributed by atoms with E-state index >= 15 is 0 Å². The van der Waals surface area contributed by atoms with E-state index < -0.39 is 0 Å². The molecule has 0 radical (unpaired) electrons. The fourth-order valence-electron chi connectivity index (χ4n) is 3.27. The molecule has 0 aliphatic rings. The average Bonchev–Trinajstić information content (AvgIpc) is 2.83. The van der Waals surface area contributed by atoms with Crippen molar-refractivity contribution < 1.29 is 14.3 Å². The predicted molar refractivity (Wildman–Crippen MR) is 126 cm³/mol. The van der Waals surface area contributed by atoms with E-state index in [0.29, 0.717) is 12.2 Å². The summed E-state index contributed by atoms with van der Waals surface area (Å²) < 4.78 is 11.0. The van der Waals surface area contributed by atoms with Crippen LogP contribution in [0.5, 0.6) is 11.5 Å². The smallest absolute Gasteiger partial charge is 0.255 e. The van der Waals surface area contributed by atoms with Gasteiger partial charge in [0.25, 0.3) is 5.91 Å². The Hall–Kier alpha value is -3.31. The fourth-order valence-corrected chi connectivity index (χ4v) is 3.27. The molecule has 0 saturated heterocycles. The first kappa shape index (κ1) is 22.4. The molecule has 0 aromatic heterocycles. The molecule has 3 aromatic carbocycles. The standard InChI is InChI=1S/C26H30N2O3/c1-4-28(5-2)18-19-31-25-16-12-23(13-17-25)27-26(29)22-8-6-20(7-9-22)21-10-14-24(30-3)15-11-21/h6-17H,4-5,18-19H2,1-3H3,(H,27,29). The minimum absolute atomic E-state index is 0.142. The van der Waals surface area contributed by atoms with Gasteiger partial charge < -0.3 is 19.7 Å². The van der Waals surface area contributed by atoms with Crippen molar-refractivity contribution in [2.75, 3.05) is 38.7 Å². The highest BCUT2D eigenvalue weighted by Crippen LogP contribution is 2.23. The molecule has 0 bridgehead atoms. The van der Waals surface area contributed by atoms with E-state index in [2.05, 4.69) is 24.1 Å². The Morgan fingerprint density at radius 1 is 0.806 bits per heavy atom. The Morgan fingerprint density at radius 3 is 1.90 bits per heavy atom. The second kappa shape index (κ2) is 11.2. The lowest BCUT2D eigenvalue weighted by Crippen LogP contribution is -2.27. The SMILES string of the molecule is CCN(CC)CCOc1ccc(NC(=O)c2ccc(-c3ccc(OC)cc3)cc2)cc1. The summed E-state index contributed by atoms with van der Waals surface area (Å²) in [6.07, 6.45) is 0. The maximum Gasteiger partial charge on any atom is 0.255 e. The van der Waals surface area contributed by atoms with Crippen molar-refractivity contribution in [1.29, 1.82) is 0 Å². The Bertz CT molecular complexity index is 947.